The second kappa shape index (κ2) is 8.09. The minimum atomic E-state index is -0.677. The van der Waals surface area contributed by atoms with Crippen molar-refractivity contribution in [1.29, 1.82) is 0 Å². The molecule has 0 saturated heterocycles. The summed E-state index contributed by atoms with van der Waals surface area (Å²) in [5.41, 5.74) is 1.08. The number of rotatable bonds is 6. The Kier molecular flexibility index (Phi) is 6.46. The maximum Gasteiger partial charge on any atom is 0.337 e. The van der Waals surface area contributed by atoms with Crippen molar-refractivity contribution >= 4 is 18.0 Å². The van der Waals surface area contributed by atoms with Crippen molar-refractivity contribution in [3.8, 4) is 5.75 Å². The van der Waals surface area contributed by atoms with Crippen molar-refractivity contribution in [1.82, 2.24) is 0 Å². The molecule has 5 nitrogen and oxygen atoms in total. The van der Waals surface area contributed by atoms with Crippen LogP contribution in [0.3, 0.4) is 0 Å². The molecule has 0 radical (unpaired) electrons. The average molecular weight is 292 g/mol. The SMILES string of the molecule is CCOC(=O)/C(=C\c1ccc(OC)cc1)[C@@H](C)OC(C)=O. The molecule has 0 N–H and O–H groups in total. The van der Waals surface area contributed by atoms with Crippen LogP contribution in [0.5, 0.6) is 5.75 Å². The molecule has 0 amide bonds. The number of carbonyl (C=O) groups excluding carboxylic acids is 2. The summed E-state index contributed by atoms with van der Waals surface area (Å²) in [5.74, 6) is -0.229. The van der Waals surface area contributed by atoms with E-state index in [1.807, 2.05) is 0 Å². The maximum absolute atomic E-state index is 12.0. The normalized spacial score (nSPS) is 12.5. The summed E-state index contributed by atoms with van der Waals surface area (Å²) in [5, 5.41) is 0. The van der Waals surface area contributed by atoms with E-state index in [-0.39, 0.29) is 12.2 Å². The van der Waals surface area contributed by atoms with Crippen LogP contribution in [0.1, 0.15) is 26.3 Å². The van der Waals surface area contributed by atoms with Crippen LogP contribution >= 0.6 is 0 Å². The van der Waals surface area contributed by atoms with E-state index in [9.17, 15) is 9.59 Å². The fourth-order valence-electron chi connectivity index (χ4n) is 1.75. The molecule has 1 aromatic carbocycles. The highest BCUT2D eigenvalue weighted by atomic mass is 16.6. The lowest BCUT2D eigenvalue weighted by atomic mass is 10.1. The minimum absolute atomic E-state index is 0.256. The lowest BCUT2D eigenvalue weighted by Crippen LogP contribution is -2.22. The van der Waals surface area contributed by atoms with Crippen molar-refractivity contribution in [3.63, 3.8) is 0 Å². The molecule has 114 valence electrons. The summed E-state index contributed by atoms with van der Waals surface area (Å²) in [6.07, 6.45) is 0.967. The zero-order valence-electron chi connectivity index (χ0n) is 12.7. The molecule has 0 fully saturated rings. The van der Waals surface area contributed by atoms with Crippen LogP contribution in [0, 0.1) is 0 Å². The van der Waals surface area contributed by atoms with Crippen LogP contribution < -0.4 is 4.74 Å². The number of hydrogen-bond acceptors (Lipinski definition) is 5. The van der Waals surface area contributed by atoms with Gasteiger partial charge in [-0.25, -0.2) is 4.79 Å². The number of methoxy groups -OCH3 is 1. The van der Waals surface area contributed by atoms with Gasteiger partial charge in [0.25, 0.3) is 0 Å². The third-order valence-electron chi connectivity index (χ3n) is 2.73. The maximum atomic E-state index is 12.0. The molecule has 0 heterocycles. The Morgan fingerprint density at radius 1 is 1.24 bits per heavy atom. The Balaban J connectivity index is 3.05. The van der Waals surface area contributed by atoms with Crippen molar-refractivity contribution in [2.45, 2.75) is 26.9 Å². The van der Waals surface area contributed by atoms with E-state index >= 15 is 0 Å². The predicted molar refractivity (Wildman–Crippen MR) is 78.8 cm³/mol. The topological polar surface area (TPSA) is 61.8 Å². The first-order valence-corrected chi connectivity index (χ1v) is 6.68. The van der Waals surface area contributed by atoms with Crippen LogP contribution in [-0.4, -0.2) is 31.8 Å². The predicted octanol–water partition coefficient (Wildman–Crippen LogP) is 2.59. The van der Waals surface area contributed by atoms with Gasteiger partial charge in [0.1, 0.15) is 11.9 Å². The third kappa shape index (κ3) is 5.30. The van der Waals surface area contributed by atoms with Crippen LogP contribution in [0.25, 0.3) is 6.08 Å². The monoisotopic (exact) mass is 292 g/mol. The summed E-state index contributed by atoms with van der Waals surface area (Å²) >= 11 is 0. The Bertz CT molecular complexity index is 516. The fourth-order valence-corrected chi connectivity index (χ4v) is 1.75. The lowest BCUT2D eigenvalue weighted by molar-refractivity contribution is -0.146. The number of ether oxygens (including phenoxy) is 3. The molecule has 5 heteroatoms. The van der Waals surface area contributed by atoms with E-state index in [1.54, 1.807) is 51.3 Å². The van der Waals surface area contributed by atoms with Gasteiger partial charge in [-0.1, -0.05) is 12.1 Å². The summed E-state index contributed by atoms with van der Waals surface area (Å²) in [7, 11) is 1.58. The first-order valence-electron chi connectivity index (χ1n) is 6.68. The first kappa shape index (κ1) is 16.8. The molecule has 0 spiro atoms. The molecule has 21 heavy (non-hydrogen) atoms. The van der Waals surface area contributed by atoms with Crippen LogP contribution in [0.2, 0.25) is 0 Å². The summed E-state index contributed by atoms with van der Waals surface area (Å²) in [4.78, 5) is 23.0. The number of carbonyl (C=O) groups is 2. The molecule has 1 atom stereocenters. The first-order chi connectivity index (χ1) is 9.97. The Labute approximate surface area is 124 Å². The summed E-state index contributed by atoms with van der Waals surface area (Å²) in [6, 6.07) is 7.17. The smallest absolute Gasteiger partial charge is 0.337 e. The zero-order chi connectivity index (χ0) is 15.8. The quantitative estimate of drug-likeness (QED) is 0.595. The van der Waals surface area contributed by atoms with E-state index in [0.29, 0.717) is 0 Å². The molecule has 1 aromatic rings. The summed E-state index contributed by atoms with van der Waals surface area (Å²) in [6.45, 7) is 4.91. The van der Waals surface area contributed by atoms with Crippen LogP contribution in [-0.2, 0) is 19.1 Å². The second-order valence-electron chi connectivity index (χ2n) is 4.34. The van der Waals surface area contributed by atoms with Gasteiger partial charge in [-0.3, -0.25) is 4.79 Å². The van der Waals surface area contributed by atoms with E-state index in [1.165, 1.54) is 6.92 Å². The van der Waals surface area contributed by atoms with Crippen molar-refractivity contribution in [2.24, 2.45) is 0 Å². The highest BCUT2D eigenvalue weighted by Crippen LogP contribution is 2.17. The van der Waals surface area contributed by atoms with Crippen molar-refractivity contribution < 1.29 is 23.8 Å². The molecule has 0 aliphatic heterocycles. The van der Waals surface area contributed by atoms with E-state index in [2.05, 4.69) is 0 Å². The minimum Gasteiger partial charge on any atom is -0.497 e. The van der Waals surface area contributed by atoms with Gasteiger partial charge in [0.05, 0.1) is 19.3 Å². The van der Waals surface area contributed by atoms with E-state index in [0.717, 1.165) is 11.3 Å². The van der Waals surface area contributed by atoms with Gasteiger partial charge < -0.3 is 14.2 Å². The molecule has 0 aliphatic carbocycles. The van der Waals surface area contributed by atoms with Gasteiger partial charge >= 0.3 is 11.9 Å². The van der Waals surface area contributed by atoms with Gasteiger partial charge in [0.15, 0.2) is 0 Å². The highest BCUT2D eigenvalue weighted by Gasteiger charge is 2.20. The Hall–Kier alpha value is -2.30. The van der Waals surface area contributed by atoms with E-state index in [4.69, 9.17) is 14.2 Å². The van der Waals surface area contributed by atoms with Gasteiger partial charge in [0, 0.05) is 6.92 Å². The molecule has 0 unspecified atom stereocenters. The number of hydrogen-bond donors (Lipinski definition) is 0. The summed E-state index contributed by atoms with van der Waals surface area (Å²) < 4.78 is 15.1. The molecular weight excluding hydrogens is 272 g/mol. The zero-order valence-corrected chi connectivity index (χ0v) is 12.7. The number of esters is 2. The highest BCUT2D eigenvalue weighted by molar-refractivity contribution is 5.95. The van der Waals surface area contributed by atoms with Crippen molar-refractivity contribution in [2.75, 3.05) is 13.7 Å². The lowest BCUT2D eigenvalue weighted by Gasteiger charge is -2.15. The number of benzene rings is 1. The van der Waals surface area contributed by atoms with Crippen LogP contribution in [0.4, 0.5) is 0 Å². The molecule has 0 aromatic heterocycles. The van der Waals surface area contributed by atoms with E-state index < -0.39 is 18.0 Å². The second-order valence-corrected chi connectivity index (χ2v) is 4.34. The molecule has 1 rings (SSSR count). The molecular formula is C16H20O5. The van der Waals surface area contributed by atoms with Gasteiger partial charge in [-0.15, -0.1) is 0 Å². The molecule has 0 saturated carbocycles. The van der Waals surface area contributed by atoms with Gasteiger partial charge in [0.2, 0.25) is 0 Å². The Morgan fingerprint density at radius 3 is 2.33 bits per heavy atom. The Morgan fingerprint density at radius 2 is 1.86 bits per heavy atom. The van der Waals surface area contributed by atoms with Crippen LogP contribution in [0.15, 0.2) is 29.8 Å². The van der Waals surface area contributed by atoms with Gasteiger partial charge in [-0.05, 0) is 37.6 Å². The fraction of sp³-hybridized carbons (Fsp3) is 0.375. The molecule has 0 bridgehead atoms. The third-order valence-corrected chi connectivity index (χ3v) is 2.73. The van der Waals surface area contributed by atoms with Crippen molar-refractivity contribution in [3.05, 3.63) is 35.4 Å². The van der Waals surface area contributed by atoms with Gasteiger partial charge in [-0.2, -0.15) is 0 Å². The largest absolute Gasteiger partial charge is 0.497 e. The average Bonchev–Trinajstić information content (AvgIpc) is 2.44. The standard InChI is InChI=1S/C16H20O5/c1-5-20-16(18)15(11(2)21-12(3)17)10-13-6-8-14(19-4)9-7-13/h6-11H,5H2,1-4H3/b15-10-/t11-/m1/s1. The molecule has 0 aliphatic rings.